The third-order valence-corrected chi connectivity index (χ3v) is 11.6. The number of aryl methyl sites for hydroxylation is 1. The van der Waals surface area contributed by atoms with Crippen molar-refractivity contribution in [2.24, 2.45) is 16.7 Å². The molecule has 1 heterocycles. The molecule has 1 atom stereocenters. The van der Waals surface area contributed by atoms with Gasteiger partial charge in [-0.2, -0.15) is 18.8 Å². The number of nitriles is 1. The van der Waals surface area contributed by atoms with Gasteiger partial charge in [-0.1, -0.05) is 69.1 Å². The lowest BCUT2D eigenvalue weighted by molar-refractivity contribution is -0.164. The van der Waals surface area contributed by atoms with Crippen LogP contribution in [0.2, 0.25) is 5.02 Å². The average Bonchev–Trinajstić information content (AvgIpc) is 3.50. The third-order valence-electron chi connectivity index (χ3n) is 10.1. The summed E-state index contributed by atoms with van der Waals surface area (Å²) in [5.74, 6) is 0.714. The van der Waals surface area contributed by atoms with Crippen LogP contribution in [0.1, 0.15) is 105 Å². The topological polar surface area (TPSA) is 134 Å². The molecule has 1 aromatic heterocycles. The molecule has 9 nitrogen and oxygen atoms in total. The molecule has 2 aromatic carbocycles. The van der Waals surface area contributed by atoms with E-state index in [-0.39, 0.29) is 34.9 Å². The fourth-order valence-electron chi connectivity index (χ4n) is 7.82. The highest BCUT2D eigenvalue weighted by Crippen LogP contribution is 2.55. The summed E-state index contributed by atoms with van der Waals surface area (Å²) >= 11 is 6.22. The second kappa shape index (κ2) is 13.0. The summed E-state index contributed by atoms with van der Waals surface area (Å²) in [5, 5.41) is 16.4. The summed E-state index contributed by atoms with van der Waals surface area (Å²) in [6.07, 6.45) is 6.38. The molecule has 0 spiro atoms. The number of carbonyl (C=O) groups excluding carboxylic acids is 1. The van der Waals surface area contributed by atoms with E-state index in [4.69, 9.17) is 21.6 Å². The molecule has 2 N–H and O–H groups in total. The fourth-order valence-corrected chi connectivity index (χ4v) is 8.96. The van der Waals surface area contributed by atoms with Crippen LogP contribution in [0.25, 0.3) is 0 Å². The Morgan fingerprint density at radius 1 is 1.11 bits per heavy atom. The van der Waals surface area contributed by atoms with Crippen LogP contribution in [0.4, 0.5) is 0 Å². The maximum absolute atomic E-state index is 13.4. The molecule has 0 bridgehead atoms. The molecular formula is C35H43ClN4O5S. The zero-order chi connectivity index (χ0) is 33.4. The first kappa shape index (κ1) is 34.0. The maximum atomic E-state index is 13.4. The van der Waals surface area contributed by atoms with E-state index in [1.807, 2.05) is 29.9 Å². The minimum absolute atomic E-state index is 0.167. The van der Waals surface area contributed by atoms with Crippen molar-refractivity contribution < 1.29 is 22.5 Å². The first-order chi connectivity index (χ1) is 21.6. The van der Waals surface area contributed by atoms with Crippen LogP contribution in [0.15, 0.2) is 54.7 Å². The second-order valence-electron chi connectivity index (χ2n) is 14.1. The predicted octanol–water partition coefficient (Wildman–Crippen LogP) is 7.47. The second-order valence-corrected chi connectivity index (χ2v) is 16.2. The minimum atomic E-state index is -4.21. The Labute approximate surface area is 277 Å². The van der Waals surface area contributed by atoms with Crippen molar-refractivity contribution in [3.8, 4) is 11.8 Å². The lowest BCUT2D eigenvalue weighted by atomic mass is 9.49. The van der Waals surface area contributed by atoms with E-state index < -0.39 is 15.4 Å². The van der Waals surface area contributed by atoms with Crippen molar-refractivity contribution in [1.29, 1.82) is 5.26 Å². The SMILES string of the molecule is Cc1ccc(C(CCC2CCC(n3ccc(C(=O)NC4C(C)(C)C(Oc5ccc(C#N)c(Cl)c5)C4(C)C)n3)CC2)S(=O)(=O)O)cc1. The predicted molar refractivity (Wildman–Crippen MR) is 177 cm³/mol. The van der Waals surface area contributed by atoms with E-state index in [0.29, 0.717) is 46.4 Å². The van der Waals surface area contributed by atoms with Crippen LogP contribution < -0.4 is 10.1 Å². The van der Waals surface area contributed by atoms with Gasteiger partial charge in [-0.05, 0) is 75.1 Å². The first-order valence-corrected chi connectivity index (χ1v) is 17.7. The molecule has 2 fully saturated rings. The summed E-state index contributed by atoms with van der Waals surface area (Å²) in [6.45, 7) is 10.2. The highest BCUT2D eigenvalue weighted by Gasteiger charge is 2.64. The number of amides is 1. The van der Waals surface area contributed by atoms with Gasteiger partial charge >= 0.3 is 0 Å². The zero-order valence-corrected chi connectivity index (χ0v) is 28.6. The molecule has 0 radical (unpaired) electrons. The normalized spacial score (nSPS) is 24.3. The van der Waals surface area contributed by atoms with Gasteiger partial charge in [0.15, 0.2) is 0 Å². The van der Waals surface area contributed by atoms with Gasteiger partial charge in [-0.25, -0.2) is 0 Å². The molecule has 46 heavy (non-hydrogen) atoms. The van der Waals surface area contributed by atoms with Gasteiger partial charge in [-0.3, -0.25) is 14.0 Å². The molecule has 0 aliphatic heterocycles. The van der Waals surface area contributed by atoms with Gasteiger partial charge in [0.25, 0.3) is 16.0 Å². The van der Waals surface area contributed by atoms with Gasteiger partial charge < -0.3 is 10.1 Å². The van der Waals surface area contributed by atoms with Crippen molar-refractivity contribution in [3.63, 3.8) is 0 Å². The molecular weight excluding hydrogens is 624 g/mol. The Kier molecular flexibility index (Phi) is 9.61. The van der Waals surface area contributed by atoms with Gasteiger partial charge in [0, 0.05) is 29.1 Å². The number of hydrogen-bond donors (Lipinski definition) is 2. The Balaban J connectivity index is 1.15. The van der Waals surface area contributed by atoms with Crippen LogP contribution in [-0.2, 0) is 10.1 Å². The quantitative estimate of drug-likeness (QED) is 0.214. The number of rotatable bonds is 10. The van der Waals surface area contributed by atoms with E-state index in [9.17, 15) is 17.8 Å². The molecule has 3 aromatic rings. The summed E-state index contributed by atoms with van der Waals surface area (Å²) in [7, 11) is -4.21. The van der Waals surface area contributed by atoms with Crippen LogP contribution in [0.3, 0.4) is 0 Å². The lowest BCUT2D eigenvalue weighted by Crippen LogP contribution is -2.74. The molecule has 0 saturated heterocycles. The smallest absolute Gasteiger partial charge is 0.272 e. The first-order valence-electron chi connectivity index (χ1n) is 15.9. The number of benzene rings is 2. The Hall–Kier alpha value is -3.39. The van der Waals surface area contributed by atoms with Crippen LogP contribution >= 0.6 is 11.6 Å². The van der Waals surface area contributed by atoms with Crippen LogP contribution in [-0.4, -0.2) is 40.8 Å². The van der Waals surface area contributed by atoms with Gasteiger partial charge in [-0.15, -0.1) is 0 Å². The van der Waals surface area contributed by atoms with Crippen molar-refractivity contribution in [2.45, 2.75) is 96.6 Å². The molecule has 11 heteroatoms. The van der Waals surface area contributed by atoms with Crippen LogP contribution in [0, 0.1) is 35.0 Å². The zero-order valence-electron chi connectivity index (χ0n) is 27.0. The monoisotopic (exact) mass is 666 g/mol. The van der Waals surface area contributed by atoms with Crippen molar-refractivity contribution in [2.75, 3.05) is 0 Å². The number of nitrogens with one attached hydrogen (secondary N) is 1. The Morgan fingerprint density at radius 2 is 1.76 bits per heavy atom. The largest absolute Gasteiger partial charge is 0.489 e. The number of aromatic nitrogens is 2. The van der Waals surface area contributed by atoms with Gasteiger partial charge in [0.2, 0.25) is 0 Å². The maximum Gasteiger partial charge on any atom is 0.272 e. The van der Waals surface area contributed by atoms with Gasteiger partial charge in [0.1, 0.15) is 28.9 Å². The molecule has 2 saturated carbocycles. The van der Waals surface area contributed by atoms with Crippen molar-refractivity contribution in [1.82, 2.24) is 15.1 Å². The van der Waals surface area contributed by atoms with Gasteiger partial charge in [0.05, 0.1) is 16.6 Å². The highest BCUT2D eigenvalue weighted by molar-refractivity contribution is 7.86. The fraction of sp³-hybridized carbons (Fsp3) is 0.514. The minimum Gasteiger partial charge on any atom is -0.489 e. The summed E-state index contributed by atoms with van der Waals surface area (Å²) < 4.78 is 42.4. The van der Waals surface area contributed by atoms with E-state index in [1.54, 1.807) is 36.4 Å². The molecule has 5 rings (SSSR count). The summed E-state index contributed by atoms with van der Waals surface area (Å²) in [5.41, 5.74) is 1.66. The molecule has 1 unspecified atom stereocenters. The summed E-state index contributed by atoms with van der Waals surface area (Å²) in [6, 6.07) is 16.1. The highest BCUT2D eigenvalue weighted by atomic mass is 35.5. The molecule has 246 valence electrons. The number of nitrogens with zero attached hydrogens (tertiary/aromatic N) is 3. The Morgan fingerprint density at radius 3 is 2.35 bits per heavy atom. The molecule has 1 amide bonds. The average molecular weight is 667 g/mol. The number of halogens is 1. The van der Waals surface area contributed by atoms with Crippen molar-refractivity contribution in [3.05, 3.63) is 82.1 Å². The van der Waals surface area contributed by atoms with E-state index in [0.717, 1.165) is 31.2 Å². The van der Waals surface area contributed by atoms with E-state index >= 15 is 0 Å². The number of hydrogen-bond acceptors (Lipinski definition) is 6. The lowest BCUT2D eigenvalue weighted by Gasteiger charge is -2.63. The standard InChI is InChI=1S/C35H43ClN4O5S/c1-22-6-11-24(12-7-22)30(46(42,43)44)17-10-23-8-14-26(15-9-23)40-19-18-29(39-40)31(41)38-32-34(2,3)33(35(32,4)5)45-27-16-13-25(21-37)28(36)20-27/h6-7,11-13,16,18-20,23,26,30,32-33H,8-10,14-15,17H2,1-5H3,(H,38,41)(H,42,43,44). The van der Waals surface area contributed by atoms with E-state index in [1.165, 1.54) is 0 Å². The number of ether oxygens (including phenoxy) is 1. The third kappa shape index (κ3) is 6.97. The van der Waals surface area contributed by atoms with E-state index in [2.05, 4.69) is 44.2 Å². The number of carbonyl (C=O) groups is 1. The van der Waals surface area contributed by atoms with Crippen molar-refractivity contribution >= 4 is 27.6 Å². The molecule has 2 aliphatic rings. The summed E-state index contributed by atoms with van der Waals surface area (Å²) in [4.78, 5) is 13.4. The Bertz CT molecular complexity index is 1700. The van der Waals surface area contributed by atoms with Crippen LogP contribution in [0.5, 0.6) is 5.75 Å². The molecule has 2 aliphatic carbocycles.